The highest BCUT2D eigenvalue weighted by atomic mass is 15.1. The Labute approximate surface area is 245 Å². The van der Waals surface area contributed by atoms with E-state index in [-0.39, 0.29) is 0 Å². The van der Waals surface area contributed by atoms with E-state index in [1.54, 1.807) is 0 Å². The van der Waals surface area contributed by atoms with Gasteiger partial charge in [-0.2, -0.15) is 4.58 Å². The van der Waals surface area contributed by atoms with Crippen molar-refractivity contribution in [2.45, 2.75) is 79.1 Å². The van der Waals surface area contributed by atoms with E-state index in [4.69, 9.17) is 0 Å². The fraction of sp³-hybridized carbons (Fsp3) is 0.500. The Morgan fingerprint density at radius 3 is 1.45 bits per heavy atom. The molecule has 2 aromatic carbocycles. The van der Waals surface area contributed by atoms with Crippen molar-refractivity contribution in [3.63, 3.8) is 0 Å². The monoisotopic (exact) mass is 542 g/mol. The number of anilines is 3. The molecule has 0 radical (unpaired) electrons. The number of allylic oxidation sites excluding steroid dienone is 4. The summed E-state index contributed by atoms with van der Waals surface area (Å²) in [7, 11) is 4.31. The molecule has 0 fully saturated rings. The molecule has 1 aliphatic carbocycles. The predicted molar refractivity (Wildman–Crippen MR) is 177 cm³/mol. The number of unbranched alkanes of at least 4 members (excludes halogenated alkanes) is 4. The van der Waals surface area contributed by atoms with Crippen LogP contribution in [0.5, 0.6) is 0 Å². The summed E-state index contributed by atoms with van der Waals surface area (Å²) in [6.07, 6.45) is 19.0. The summed E-state index contributed by atoms with van der Waals surface area (Å²) in [5.74, 6) is 0. The van der Waals surface area contributed by atoms with Crippen LogP contribution in [0.2, 0.25) is 0 Å². The lowest BCUT2D eigenvalue weighted by Crippen LogP contribution is -2.25. The van der Waals surface area contributed by atoms with Gasteiger partial charge < -0.3 is 9.80 Å². The van der Waals surface area contributed by atoms with Crippen LogP contribution in [0.15, 0.2) is 72.8 Å². The molecule has 2 aromatic rings. The fourth-order valence-corrected chi connectivity index (χ4v) is 5.11. The van der Waals surface area contributed by atoms with Gasteiger partial charge in [-0.15, -0.1) is 0 Å². The molecule has 0 atom stereocenters. The van der Waals surface area contributed by atoms with Crippen molar-refractivity contribution < 1.29 is 9.15 Å². The van der Waals surface area contributed by atoms with Gasteiger partial charge in [0.25, 0.3) is 0 Å². The first-order valence-corrected chi connectivity index (χ1v) is 15.8. The predicted octanol–water partition coefficient (Wildman–Crippen LogP) is 8.76. The van der Waals surface area contributed by atoms with Crippen LogP contribution in [0.1, 0.15) is 79.1 Å². The summed E-state index contributed by atoms with van der Waals surface area (Å²) in [5, 5.41) is 0. The van der Waals surface area contributed by atoms with Gasteiger partial charge in [0.2, 0.25) is 11.4 Å². The highest BCUT2D eigenvalue weighted by molar-refractivity contribution is 6.15. The summed E-state index contributed by atoms with van der Waals surface area (Å²) in [4.78, 5) is 4.81. The fourth-order valence-electron chi connectivity index (χ4n) is 5.11. The summed E-state index contributed by atoms with van der Waals surface area (Å²) in [6.45, 7) is 13.6. The minimum atomic E-state index is 1.14. The van der Waals surface area contributed by atoms with Gasteiger partial charge in [-0.1, -0.05) is 53.4 Å². The third-order valence-corrected chi connectivity index (χ3v) is 7.95. The van der Waals surface area contributed by atoms with Crippen LogP contribution in [-0.4, -0.2) is 60.8 Å². The minimum absolute atomic E-state index is 1.14. The molecule has 0 N–H and O–H groups in total. The van der Waals surface area contributed by atoms with Gasteiger partial charge in [0.1, 0.15) is 20.1 Å². The van der Waals surface area contributed by atoms with Crippen molar-refractivity contribution in [3.8, 4) is 0 Å². The van der Waals surface area contributed by atoms with Gasteiger partial charge in [-0.3, -0.25) is 0 Å². The Balaban J connectivity index is 1.71. The largest absolute Gasteiger partial charge is 0.372 e. The molecule has 4 nitrogen and oxygen atoms in total. The third kappa shape index (κ3) is 8.94. The molecule has 216 valence electrons. The molecule has 40 heavy (non-hydrogen) atoms. The van der Waals surface area contributed by atoms with E-state index in [1.807, 2.05) is 0 Å². The van der Waals surface area contributed by atoms with Gasteiger partial charge >= 0.3 is 0 Å². The van der Waals surface area contributed by atoms with Crippen LogP contribution >= 0.6 is 0 Å². The molecule has 0 saturated carbocycles. The van der Waals surface area contributed by atoms with Crippen molar-refractivity contribution in [2.24, 2.45) is 0 Å². The zero-order chi connectivity index (χ0) is 28.7. The first kappa shape index (κ1) is 31.4. The lowest BCUT2D eigenvalue weighted by Gasteiger charge is -2.26. The van der Waals surface area contributed by atoms with Crippen LogP contribution < -0.4 is 9.80 Å². The molecule has 0 bridgehead atoms. The minimum Gasteiger partial charge on any atom is -0.372 e. The van der Waals surface area contributed by atoms with Crippen molar-refractivity contribution in [1.82, 2.24) is 0 Å². The Morgan fingerprint density at radius 1 is 0.550 bits per heavy atom. The normalized spacial score (nSPS) is 12.7. The van der Waals surface area contributed by atoms with Crippen molar-refractivity contribution in [1.29, 1.82) is 0 Å². The summed E-state index contributed by atoms with van der Waals surface area (Å²) in [6, 6.07) is 18.0. The van der Waals surface area contributed by atoms with Gasteiger partial charge in [-0.05, 0) is 49.2 Å². The average molecular weight is 543 g/mol. The smallest absolute Gasteiger partial charge is 0.205 e. The second-order valence-electron chi connectivity index (χ2n) is 11.1. The number of hydrogen-bond donors (Lipinski definition) is 0. The first-order chi connectivity index (χ1) is 19.5. The topological polar surface area (TPSA) is 12.5 Å². The molecular formula is C36H54N4+2. The molecule has 0 aliphatic heterocycles. The average Bonchev–Trinajstić information content (AvgIpc) is 3.01. The van der Waals surface area contributed by atoms with Crippen LogP contribution in [0, 0.1) is 0 Å². The summed E-state index contributed by atoms with van der Waals surface area (Å²) >= 11 is 0. The molecule has 0 unspecified atom stereocenters. The lowest BCUT2D eigenvalue weighted by atomic mass is 10.1. The van der Waals surface area contributed by atoms with Crippen molar-refractivity contribution in [2.75, 3.05) is 50.1 Å². The van der Waals surface area contributed by atoms with E-state index in [1.165, 1.54) is 85.5 Å². The Hall–Kier alpha value is -3.14. The first-order valence-electron chi connectivity index (χ1n) is 15.8. The van der Waals surface area contributed by atoms with Crippen LogP contribution in [0.4, 0.5) is 22.7 Å². The van der Waals surface area contributed by atoms with Gasteiger partial charge in [-0.25, -0.2) is 4.58 Å². The van der Waals surface area contributed by atoms with Gasteiger partial charge in [0.05, 0.1) is 0 Å². The molecule has 4 heteroatoms. The van der Waals surface area contributed by atoms with E-state index in [2.05, 4.69) is 134 Å². The molecule has 0 saturated heterocycles. The Bertz CT molecular complexity index is 1120. The van der Waals surface area contributed by atoms with Gasteiger partial charge in [0.15, 0.2) is 5.71 Å². The van der Waals surface area contributed by atoms with Gasteiger partial charge in [0, 0.05) is 86.5 Å². The lowest BCUT2D eigenvalue weighted by molar-refractivity contribution is -0.527. The molecule has 0 amide bonds. The Kier molecular flexibility index (Phi) is 13.2. The SMILES string of the molecule is CCCCN(CCCC)c1ccc(N(C)c2ccc([N+](C)=C3C=CC(=[N+](CCCC)CCCC)C=C3)cc2)cc1. The maximum atomic E-state index is 2.54. The maximum absolute atomic E-state index is 2.54. The van der Waals surface area contributed by atoms with Crippen LogP contribution in [0.3, 0.4) is 0 Å². The van der Waals surface area contributed by atoms with Crippen LogP contribution in [-0.2, 0) is 0 Å². The number of nitrogens with zero attached hydrogens (tertiary/aromatic N) is 4. The van der Waals surface area contributed by atoms with E-state index in [0.717, 1.165) is 26.2 Å². The third-order valence-electron chi connectivity index (χ3n) is 7.95. The quantitative estimate of drug-likeness (QED) is 0.155. The molecule has 0 spiro atoms. The Morgan fingerprint density at radius 2 is 0.975 bits per heavy atom. The zero-order valence-electron chi connectivity index (χ0n) is 26.2. The van der Waals surface area contributed by atoms with E-state index in [9.17, 15) is 0 Å². The maximum Gasteiger partial charge on any atom is 0.205 e. The van der Waals surface area contributed by atoms with E-state index < -0.39 is 0 Å². The zero-order valence-corrected chi connectivity index (χ0v) is 26.2. The highest BCUT2D eigenvalue weighted by Gasteiger charge is 2.17. The number of hydrogen-bond acceptors (Lipinski definition) is 2. The molecular weight excluding hydrogens is 488 g/mol. The highest BCUT2D eigenvalue weighted by Crippen LogP contribution is 2.28. The van der Waals surface area contributed by atoms with E-state index in [0.29, 0.717) is 0 Å². The summed E-state index contributed by atoms with van der Waals surface area (Å²) < 4.78 is 4.81. The van der Waals surface area contributed by atoms with E-state index >= 15 is 0 Å². The van der Waals surface area contributed by atoms with Crippen molar-refractivity contribution >= 4 is 34.2 Å². The standard InChI is InChI=1S/C36H54N4/c1-7-11-27-39(28-12-8-2)35-23-19-33(20-24-35)37(5)31-15-17-32(18-16-31)38(6)34-21-25-36(26-22-34)40(29-13-9-3)30-14-10-4/h15-26H,7-14,27-30H2,1-6H3/q+2. The number of benzene rings is 2. The number of rotatable bonds is 16. The summed E-state index contributed by atoms with van der Waals surface area (Å²) in [5.41, 5.74) is 7.47. The van der Waals surface area contributed by atoms with Crippen molar-refractivity contribution in [3.05, 3.63) is 72.8 Å². The second-order valence-corrected chi connectivity index (χ2v) is 11.1. The molecule has 1 aliphatic rings. The second kappa shape index (κ2) is 16.8. The van der Waals surface area contributed by atoms with Crippen LogP contribution in [0.25, 0.3) is 0 Å². The molecule has 3 rings (SSSR count). The molecule has 0 aromatic heterocycles. The molecule has 0 heterocycles.